The Bertz CT molecular complexity index is 2820. The Labute approximate surface area is 457 Å². The summed E-state index contributed by atoms with van der Waals surface area (Å²) in [6, 6.07) is 24.7. The van der Waals surface area contributed by atoms with E-state index in [1.54, 1.807) is 72.8 Å². The third-order valence-corrected chi connectivity index (χ3v) is 14.8. The molecular formula is C61H65NO15S. The molecule has 0 aliphatic heterocycles. The Hall–Kier alpha value is -7.79. The van der Waals surface area contributed by atoms with Crippen LogP contribution in [0.2, 0.25) is 0 Å². The zero-order chi connectivity index (χ0) is 54.6. The van der Waals surface area contributed by atoms with Gasteiger partial charge in [-0.3, -0.25) is 19.2 Å². The van der Waals surface area contributed by atoms with Gasteiger partial charge < -0.3 is 42.3 Å². The number of esters is 6. The maximum Gasteiger partial charge on any atom is 0.330 e. The molecule has 0 bridgehead atoms. The predicted octanol–water partition coefficient (Wildman–Crippen LogP) is 12.7. The summed E-state index contributed by atoms with van der Waals surface area (Å²) in [7, 11) is 0. The molecule has 410 valence electrons. The standard InChI is InChI=1S/C61H65NO15S/c1-3-51(63)71-37-13-7-5-11-35-69-44-27-31-46(32-28-44)73-58(65)40-19-23-42(24-20-40)60(67)76-54-48-16-9-10-17-49(48)55(56-53(54)62-57(75-56)50-18-15-39-78-50)77-61(68)43-25-21-41(22-26-43)59(66)74-47-33-29-45(30-34-47)70-36-12-6-8-14-38-72-52(64)4-2/h3-4,9-10,15-18,27-34,39-43H,1-2,5-8,11-14,19-26,35-38H2. The largest absolute Gasteiger partial charge is 0.494 e. The van der Waals surface area contributed by atoms with E-state index in [1.165, 1.54) is 11.3 Å². The van der Waals surface area contributed by atoms with Gasteiger partial charge in [-0.15, -0.1) is 11.3 Å². The maximum absolute atomic E-state index is 14.1. The SMILES string of the molecule is C=CC(=O)OCCCCCCOc1ccc(OC(=O)C2CCC(C(=O)Oc3c4ccccc4c(OC(=O)C4CCC(C(=O)Oc5ccc(OCCCCCCOC(=O)C=C)cc5)CC4)c4oc(-c5cccs5)nc34)CC2)cc1. The van der Waals surface area contributed by atoms with E-state index in [0.29, 0.717) is 112 Å². The smallest absolute Gasteiger partial charge is 0.330 e. The van der Waals surface area contributed by atoms with Crippen LogP contribution in [0.5, 0.6) is 34.5 Å². The zero-order valence-electron chi connectivity index (χ0n) is 43.7. The van der Waals surface area contributed by atoms with E-state index in [4.69, 9.17) is 47.3 Å². The number of aromatic nitrogens is 1. The summed E-state index contributed by atoms with van der Waals surface area (Å²) in [6.45, 7) is 8.57. The van der Waals surface area contributed by atoms with Crippen LogP contribution in [0.25, 0.3) is 32.6 Å². The van der Waals surface area contributed by atoms with Crippen molar-refractivity contribution in [3.63, 3.8) is 0 Å². The molecule has 0 radical (unpaired) electrons. The van der Waals surface area contributed by atoms with Gasteiger partial charge >= 0.3 is 35.8 Å². The Morgan fingerprint density at radius 1 is 0.487 bits per heavy atom. The molecule has 2 heterocycles. The highest BCUT2D eigenvalue weighted by molar-refractivity contribution is 7.13. The summed E-state index contributed by atoms with van der Waals surface area (Å²) >= 11 is 1.42. The van der Waals surface area contributed by atoms with Crippen LogP contribution in [0.3, 0.4) is 0 Å². The number of fused-ring (bicyclic) bond motifs is 2. The number of oxazole rings is 1. The molecule has 0 saturated heterocycles. The van der Waals surface area contributed by atoms with Crippen LogP contribution in [0.1, 0.15) is 103 Å². The van der Waals surface area contributed by atoms with Crippen LogP contribution in [0, 0.1) is 23.7 Å². The molecule has 0 unspecified atom stereocenters. The van der Waals surface area contributed by atoms with Crippen LogP contribution < -0.4 is 28.4 Å². The molecule has 78 heavy (non-hydrogen) atoms. The quantitative estimate of drug-likeness (QED) is 0.0204. The highest BCUT2D eigenvalue weighted by Crippen LogP contribution is 2.46. The third-order valence-electron chi connectivity index (χ3n) is 13.9. The van der Waals surface area contributed by atoms with Crippen molar-refractivity contribution in [3.05, 3.63) is 116 Å². The van der Waals surface area contributed by atoms with Gasteiger partial charge in [0.05, 0.1) is 55.0 Å². The van der Waals surface area contributed by atoms with E-state index in [-0.39, 0.29) is 40.4 Å². The first-order valence-electron chi connectivity index (χ1n) is 26.9. The van der Waals surface area contributed by atoms with Crippen LogP contribution in [0.15, 0.2) is 120 Å². The van der Waals surface area contributed by atoms with Crippen molar-refractivity contribution in [2.75, 3.05) is 26.4 Å². The lowest BCUT2D eigenvalue weighted by Crippen LogP contribution is -2.30. The summed E-state index contributed by atoms with van der Waals surface area (Å²) in [6.07, 6.45) is 12.6. The van der Waals surface area contributed by atoms with Crippen LogP contribution >= 0.6 is 11.3 Å². The Morgan fingerprint density at radius 2 is 0.885 bits per heavy atom. The summed E-state index contributed by atoms with van der Waals surface area (Å²) in [4.78, 5) is 82.5. The molecule has 0 N–H and O–H groups in total. The summed E-state index contributed by atoms with van der Waals surface area (Å²) in [5, 5.41) is 2.89. The van der Waals surface area contributed by atoms with E-state index >= 15 is 0 Å². The molecule has 16 nitrogen and oxygen atoms in total. The van der Waals surface area contributed by atoms with Crippen LogP contribution in [0.4, 0.5) is 0 Å². The molecule has 2 aliphatic carbocycles. The molecule has 2 aromatic heterocycles. The number of hydrogen-bond donors (Lipinski definition) is 0. The van der Waals surface area contributed by atoms with Crippen molar-refractivity contribution in [1.29, 1.82) is 0 Å². The lowest BCUT2D eigenvalue weighted by Gasteiger charge is -2.26. The number of rotatable bonds is 27. The van der Waals surface area contributed by atoms with E-state index in [1.807, 2.05) is 17.5 Å². The second-order valence-electron chi connectivity index (χ2n) is 19.4. The van der Waals surface area contributed by atoms with E-state index < -0.39 is 47.5 Å². The van der Waals surface area contributed by atoms with Gasteiger partial charge in [-0.1, -0.05) is 43.5 Å². The zero-order valence-corrected chi connectivity index (χ0v) is 44.5. The fourth-order valence-electron chi connectivity index (χ4n) is 9.53. The monoisotopic (exact) mass is 1080 g/mol. The molecular weight excluding hydrogens is 1020 g/mol. The van der Waals surface area contributed by atoms with Gasteiger partial charge in [0, 0.05) is 22.9 Å². The lowest BCUT2D eigenvalue weighted by atomic mass is 9.82. The molecule has 0 atom stereocenters. The highest BCUT2D eigenvalue weighted by atomic mass is 32.1. The predicted molar refractivity (Wildman–Crippen MR) is 291 cm³/mol. The summed E-state index contributed by atoms with van der Waals surface area (Å²) in [5.41, 5.74) is 0.386. The van der Waals surface area contributed by atoms with Crippen molar-refractivity contribution in [2.45, 2.75) is 103 Å². The van der Waals surface area contributed by atoms with E-state index in [2.05, 4.69) is 13.2 Å². The molecule has 0 amide bonds. The minimum Gasteiger partial charge on any atom is -0.494 e. The van der Waals surface area contributed by atoms with Gasteiger partial charge in [-0.25, -0.2) is 14.6 Å². The van der Waals surface area contributed by atoms with Gasteiger partial charge in [0.25, 0.3) is 0 Å². The number of unbranched alkanes of at least 4 members (excludes halogenated alkanes) is 6. The lowest BCUT2D eigenvalue weighted by molar-refractivity contribution is -0.145. The molecule has 17 heteroatoms. The molecule has 4 aromatic carbocycles. The van der Waals surface area contributed by atoms with Crippen molar-refractivity contribution in [2.24, 2.45) is 23.7 Å². The van der Waals surface area contributed by atoms with Gasteiger partial charge in [0.1, 0.15) is 23.0 Å². The number of hydrogen-bond acceptors (Lipinski definition) is 17. The number of carbonyl (C=O) groups excluding carboxylic acids is 6. The second kappa shape index (κ2) is 28.5. The molecule has 0 spiro atoms. The highest BCUT2D eigenvalue weighted by Gasteiger charge is 2.36. The Kier molecular flexibility index (Phi) is 20.6. The van der Waals surface area contributed by atoms with Crippen LogP contribution in [-0.2, 0) is 38.2 Å². The Balaban J connectivity index is 0.822. The number of carbonyl (C=O) groups is 6. The maximum atomic E-state index is 14.1. The van der Waals surface area contributed by atoms with Gasteiger partial charge in [-0.05, 0) is 163 Å². The summed E-state index contributed by atoms with van der Waals surface area (Å²) in [5.74, 6) is -1.53. The fraction of sp³-hybridized carbons (Fsp3) is 0.393. The Morgan fingerprint density at radius 3 is 1.31 bits per heavy atom. The fourth-order valence-corrected chi connectivity index (χ4v) is 10.2. The topological polar surface area (TPSA) is 202 Å². The average molecular weight is 1080 g/mol. The molecule has 2 saturated carbocycles. The first-order chi connectivity index (χ1) is 38.1. The average Bonchev–Trinajstić information content (AvgIpc) is 4.35. The first-order valence-corrected chi connectivity index (χ1v) is 27.7. The number of nitrogens with zero attached hydrogens (tertiary/aromatic N) is 1. The normalized spacial score (nSPS) is 17.1. The second-order valence-corrected chi connectivity index (χ2v) is 20.3. The number of thiophene rings is 1. The molecule has 8 rings (SSSR count). The van der Waals surface area contributed by atoms with Crippen molar-refractivity contribution >= 4 is 69.0 Å². The molecule has 2 aliphatic rings. The van der Waals surface area contributed by atoms with Gasteiger partial charge in [-0.2, -0.15) is 0 Å². The third kappa shape index (κ3) is 15.7. The minimum atomic E-state index is -0.499. The van der Waals surface area contributed by atoms with Crippen molar-refractivity contribution in [3.8, 4) is 45.3 Å². The minimum absolute atomic E-state index is 0.158. The molecule has 2 fully saturated rings. The van der Waals surface area contributed by atoms with Gasteiger partial charge in [0.15, 0.2) is 17.0 Å². The van der Waals surface area contributed by atoms with Crippen LogP contribution in [-0.4, -0.2) is 67.2 Å². The van der Waals surface area contributed by atoms with Crippen molar-refractivity contribution in [1.82, 2.24) is 4.98 Å². The molecule has 6 aromatic rings. The van der Waals surface area contributed by atoms with Crippen molar-refractivity contribution < 1.29 is 71.1 Å². The summed E-state index contributed by atoms with van der Waals surface area (Å²) < 4.78 is 52.1. The first kappa shape index (κ1) is 56.4. The van der Waals surface area contributed by atoms with E-state index in [0.717, 1.165) is 68.4 Å². The number of benzene rings is 4. The van der Waals surface area contributed by atoms with E-state index in [9.17, 15) is 28.8 Å². The number of ether oxygens (including phenoxy) is 8. The van der Waals surface area contributed by atoms with Gasteiger partial charge in [0.2, 0.25) is 11.5 Å².